The summed E-state index contributed by atoms with van der Waals surface area (Å²) < 4.78 is 5.59. The molecule has 1 fully saturated rings. The van der Waals surface area contributed by atoms with Gasteiger partial charge in [-0.25, -0.2) is 0 Å². The minimum atomic E-state index is 0.184. The van der Waals surface area contributed by atoms with Crippen molar-refractivity contribution in [2.45, 2.75) is 43.4 Å². The fourth-order valence-corrected chi connectivity index (χ4v) is 3.69. The maximum absolute atomic E-state index is 5.40. The molecule has 0 unspecified atom stereocenters. The molecule has 0 aromatic heterocycles. The van der Waals surface area contributed by atoms with Gasteiger partial charge in [-0.15, -0.1) is 0 Å². The van der Waals surface area contributed by atoms with Crippen molar-refractivity contribution in [3.8, 4) is 5.75 Å². The molecule has 88 valence electrons. The topological polar surface area (TPSA) is 9.23 Å². The zero-order valence-corrected chi connectivity index (χ0v) is 11.6. The van der Waals surface area contributed by atoms with E-state index in [0.717, 1.165) is 5.75 Å². The van der Waals surface area contributed by atoms with E-state index in [9.17, 15) is 0 Å². The third-order valence-corrected chi connectivity index (χ3v) is 4.85. The van der Waals surface area contributed by atoms with Gasteiger partial charge in [0.15, 0.2) is 0 Å². The normalized spacial score (nSPS) is 19.4. The van der Waals surface area contributed by atoms with Crippen LogP contribution in [0.25, 0.3) is 0 Å². The van der Waals surface area contributed by atoms with Gasteiger partial charge in [0.2, 0.25) is 0 Å². The maximum Gasteiger partial charge on any atom is 0.122 e. The summed E-state index contributed by atoms with van der Waals surface area (Å²) in [5.41, 5.74) is 2.69. The summed E-state index contributed by atoms with van der Waals surface area (Å²) in [6.45, 7) is 2.16. The Morgan fingerprint density at radius 3 is 2.50 bits per heavy atom. The number of methoxy groups -OCH3 is 1. The van der Waals surface area contributed by atoms with Crippen LogP contribution in [0.3, 0.4) is 0 Å². The van der Waals surface area contributed by atoms with Gasteiger partial charge in [0.05, 0.1) is 11.4 Å². The molecule has 0 N–H and O–H groups in total. The molecule has 0 aliphatic heterocycles. The van der Waals surface area contributed by atoms with Crippen molar-refractivity contribution < 1.29 is 4.74 Å². The highest BCUT2D eigenvalue weighted by atomic mass is 79.9. The first-order valence-electron chi connectivity index (χ1n) is 6.00. The highest BCUT2D eigenvalue weighted by Crippen LogP contribution is 2.46. The van der Waals surface area contributed by atoms with Gasteiger partial charge in [-0.05, 0) is 37.0 Å². The van der Waals surface area contributed by atoms with Crippen LogP contribution in [0.2, 0.25) is 0 Å². The van der Waals surface area contributed by atoms with E-state index in [1.165, 1.54) is 43.2 Å². The molecule has 0 bridgehead atoms. The van der Waals surface area contributed by atoms with E-state index in [1.807, 2.05) is 6.07 Å². The minimum Gasteiger partial charge on any atom is -0.496 e. The first-order valence-corrected chi connectivity index (χ1v) is 6.80. The van der Waals surface area contributed by atoms with Gasteiger partial charge in [0.1, 0.15) is 5.75 Å². The van der Waals surface area contributed by atoms with Gasteiger partial charge in [-0.3, -0.25) is 0 Å². The van der Waals surface area contributed by atoms with Crippen molar-refractivity contribution in [2.75, 3.05) is 7.11 Å². The second-order valence-corrected chi connectivity index (χ2v) is 6.18. The van der Waals surface area contributed by atoms with E-state index in [2.05, 4.69) is 35.0 Å². The van der Waals surface area contributed by atoms with Crippen LogP contribution in [-0.2, 0) is 4.32 Å². The number of rotatable bonds is 2. The van der Waals surface area contributed by atoms with Gasteiger partial charge in [0, 0.05) is 0 Å². The number of benzene rings is 1. The molecule has 1 aromatic rings. The van der Waals surface area contributed by atoms with Crippen LogP contribution >= 0.6 is 15.9 Å². The molecule has 0 radical (unpaired) electrons. The predicted molar refractivity (Wildman–Crippen MR) is 71.4 cm³/mol. The number of ether oxygens (including phenoxy) is 1. The quantitative estimate of drug-likeness (QED) is 0.723. The van der Waals surface area contributed by atoms with E-state index in [0.29, 0.717) is 0 Å². The molecule has 16 heavy (non-hydrogen) atoms. The van der Waals surface area contributed by atoms with E-state index in [4.69, 9.17) is 4.74 Å². The molecule has 0 atom stereocenters. The molecule has 1 aromatic carbocycles. The van der Waals surface area contributed by atoms with E-state index in [-0.39, 0.29) is 4.32 Å². The lowest BCUT2D eigenvalue weighted by molar-refractivity contribution is 0.397. The van der Waals surface area contributed by atoms with Crippen molar-refractivity contribution >= 4 is 15.9 Å². The second kappa shape index (κ2) is 4.79. The van der Waals surface area contributed by atoms with Crippen molar-refractivity contribution in [1.82, 2.24) is 0 Å². The number of alkyl halides is 1. The molecular formula is C14H19BrO. The van der Waals surface area contributed by atoms with Crippen LogP contribution in [0, 0.1) is 6.92 Å². The molecule has 0 amide bonds. The average Bonchev–Trinajstić information content (AvgIpc) is 2.30. The standard InChI is InChI=1S/C14H19BrO/c1-11-12(7-6-8-13(11)16-2)14(15)9-4-3-5-10-14/h6-8H,3-5,9-10H2,1-2H3. The van der Waals surface area contributed by atoms with Gasteiger partial charge < -0.3 is 4.74 Å². The Balaban J connectivity index is 2.38. The summed E-state index contributed by atoms with van der Waals surface area (Å²) in [7, 11) is 1.74. The first kappa shape index (κ1) is 12.0. The largest absolute Gasteiger partial charge is 0.496 e. The van der Waals surface area contributed by atoms with Crippen molar-refractivity contribution in [3.63, 3.8) is 0 Å². The van der Waals surface area contributed by atoms with Gasteiger partial charge in [-0.1, -0.05) is 47.3 Å². The highest BCUT2D eigenvalue weighted by Gasteiger charge is 2.32. The molecule has 1 nitrogen and oxygen atoms in total. The Morgan fingerprint density at radius 1 is 1.19 bits per heavy atom. The zero-order valence-electron chi connectivity index (χ0n) is 10.1. The maximum atomic E-state index is 5.40. The summed E-state index contributed by atoms with van der Waals surface area (Å²) in [6.07, 6.45) is 6.49. The summed E-state index contributed by atoms with van der Waals surface area (Å²) in [5, 5.41) is 0. The highest BCUT2D eigenvalue weighted by molar-refractivity contribution is 9.09. The summed E-state index contributed by atoms with van der Waals surface area (Å²) in [6, 6.07) is 6.37. The lowest BCUT2D eigenvalue weighted by Gasteiger charge is -2.33. The molecule has 1 aliphatic carbocycles. The van der Waals surface area contributed by atoms with Crippen LogP contribution in [-0.4, -0.2) is 7.11 Å². The van der Waals surface area contributed by atoms with Crippen LogP contribution in [0.4, 0.5) is 0 Å². The van der Waals surface area contributed by atoms with E-state index in [1.54, 1.807) is 7.11 Å². The summed E-state index contributed by atoms with van der Waals surface area (Å²) in [4.78, 5) is 0. The van der Waals surface area contributed by atoms with Crippen LogP contribution in [0.1, 0.15) is 43.2 Å². The van der Waals surface area contributed by atoms with Crippen molar-refractivity contribution in [1.29, 1.82) is 0 Å². The minimum absolute atomic E-state index is 0.184. The Hall–Kier alpha value is -0.500. The molecule has 1 saturated carbocycles. The third kappa shape index (κ3) is 2.13. The Labute approximate surface area is 106 Å². The van der Waals surface area contributed by atoms with Gasteiger partial charge >= 0.3 is 0 Å². The Bertz CT molecular complexity index is 367. The predicted octanol–water partition coefficient (Wildman–Crippen LogP) is 4.56. The van der Waals surface area contributed by atoms with Crippen LogP contribution in [0.5, 0.6) is 5.75 Å². The van der Waals surface area contributed by atoms with Crippen molar-refractivity contribution in [2.24, 2.45) is 0 Å². The zero-order chi connectivity index (χ0) is 11.6. The molecule has 0 saturated heterocycles. The Kier molecular flexibility index (Phi) is 3.58. The lowest BCUT2D eigenvalue weighted by Crippen LogP contribution is -2.22. The fraction of sp³-hybridized carbons (Fsp3) is 0.571. The third-order valence-electron chi connectivity index (χ3n) is 3.63. The molecule has 2 heteroatoms. The average molecular weight is 283 g/mol. The second-order valence-electron chi connectivity index (χ2n) is 4.66. The van der Waals surface area contributed by atoms with Gasteiger partial charge in [-0.2, -0.15) is 0 Å². The Morgan fingerprint density at radius 2 is 1.88 bits per heavy atom. The molecule has 0 spiro atoms. The fourth-order valence-electron chi connectivity index (χ4n) is 2.70. The van der Waals surface area contributed by atoms with E-state index >= 15 is 0 Å². The molecule has 1 aliphatic rings. The summed E-state index contributed by atoms with van der Waals surface area (Å²) >= 11 is 3.96. The lowest BCUT2D eigenvalue weighted by atomic mass is 9.82. The smallest absolute Gasteiger partial charge is 0.122 e. The SMILES string of the molecule is COc1cccc(C2(Br)CCCCC2)c1C. The summed E-state index contributed by atoms with van der Waals surface area (Å²) in [5.74, 6) is 1.00. The number of halogens is 1. The van der Waals surface area contributed by atoms with Crippen LogP contribution < -0.4 is 4.74 Å². The number of hydrogen-bond donors (Lipinski definition) is 0. The number of hydrogen-bond acceptors (Lipinski definition) is 1. The van der Waals surface area contributed by atoms with Gasteiger partial charge in [0.25, 0.3) is 0 Å². The molecule has 2 rings (SSSR count). The molecular weight excluding hydrogens is 264 g/mol. The first-order chi connectivity index (χ1) is 7.67. The van der Waals surface area contributed by atoms with E-state index < -0.39 is 0 Å². The monoisotopic (exact) mass is 282 g/mol. The van der Waals surface area contributed by atoms with Crippen molar-refractivity contribution in [3.05, 3.63) is 29.3 Å². The molecule has 0 heterocycles. The van der Waals surface area contributed by atoms with Crippen LogP contribution in [0.15, 0.2) is 18.2 Å².